The van der Waals surface area contributed by atoms with Crippen LogP contribution >= 0.6 is 0 Å². The van der Waals surface area contributed by atoms with Gasteiger partial charge in [0, 0.05) is 0 Å². The molecule has 1 aliphatic carbocycles. The van der Waals surface area contributed by atoms with Crippen LogP contribution in [0, 0.1) is 11.3 Å². The first kappa shape index (κ1) is 10.4. The summed E-state index contributed by atoms with van der Waals surface area (Å²) in [6.07, 6.45) is 3.26. The highest BCUT2D eigenvalue weighted by Crippen LogP contribution is 2.49. The van der Waals surface area contributed by atoms with Gasteiger partial charge in [0.25, 0.3) is 0 Å². The van der Waals surface area contributed by atoms with Crippen molar-refractivity contribution in [1.82, 2.24) is 0 Å². The van der Waals surface area contributed by atoms with Crippen LogP contribution in [0.3, 0.4) is 0 Å². The number of ether oxygens (including phenoxy) is 1. The Morgan fingerprint density at radius 3 is 2.75 bits per heavy atom. The molecular weight excluding hydrogens is 204 g/mol. The highest BCUT2D eigenvalue weighted by molar-refractivity contribution is 5.49. The number of rotatable bonds is 3. The minimum Gasteiger partial charge on any atom is -0.495 e. The lowest BCUT2D eigenvalue weighted by molar-refractivity contribution is 0.413. The Labute approximate surface area is 93.2 Å². The molecule has 0 atom stereocenters. The Morgan fingerprint density at radius 2 is 2.25 bits per heavy atom. The molecule has 1 aliphatic rings. The number of nitriles is 1. The maximum Gasteiger partial charge on any atom is 0.235 e. The summed E-state index contributed by atoms with van der Waals surface area (Å²) in [5.74, 6) is 0.539. The summed E-state index contributed by atoms with van der Waals surface area (Å²) in [6.45, 7) is 0. The van der Waals surface area contributed by atoms with Gasteiger partial charge in [-0.1, -0.05) is 6.07 Å². The lowest BCUT2D eigenvalue weighted by atomic mass is 10.0. The number of methoxy groups -OCH3 is 1. The van der Waals surface area contributed by atoms with E-state index in [1.807, 2.05) is 6.07 Å². The third-order valence-corrected chi connectivity index (χ3v) is 2.84. The average molecular weight is 214 g/mol. The lowest BCUT2D eigenvalue weighted by Gasteiger charge is -2.10. The Balaban J connectivity index is 2.45. The van der Waals surface area contributed by atoms with E-state index in [0.717, 1.165) is 18.4 Å². The van der Waals surface area contributed by atoms with Crippen molar-refractivity contribution in [2.45, 2.75) is 18.4 Å². The fourth-order valence-corrected chi connectivity index (χ4v) is 1.76. The van der Waals surface area contributed by atoms with Gasteiger partial charge in [0.1, 0.15) is 11.8 Å². The van der Waals surface area contributed by atoms with Crippen molar-refractivity contribution in [3.63, 3.8) is 0 Å². The van der Waals surface area contributed by atoms with Gasteiger partial charge in [-0.2, -0.15) is 10.3 Å². The number of nitrogens with zero attached hydrogens (tertiary/aromatic N) is 2. The van der Waals surface area contributed by atoms with Crippen molar-refractivity contribution in [1.29, 1.82) is 5.26 Å². The highest BCUT2D eigenvalue weighted by Gasteiger charge is 2.45. The summed E-state index contributed by atoms with van der Waals surface area (Å²) in [6, 6.07) is 7.36. The summed E-state index contributed by atoms with van der Waals surface area (Å²) in [4.78, 5) is 14.1. The van der Waals surface area contributed by atoms with Crippen LogP contribution in [0.5, 0.6) is 5.75 Å². The van der Waals surface area contributed by atoms with Gasteiger partial charge in [0.2, 0.25) is 6.08 Å². The van der Waals surface area contributed by atoms with Crippen LogP contribution in [0.15, 0.2) is 23.2 Å². The summed E-state index contributed by atoms with van der Waals surface area (Å²) >= 11 is 0. The molecule has 0 bridgehead atoms. The summed E-state index contributed by atoms with van der Waals surface area (Å²) in [5.41, 5.74) is 0.917. The normalized spacial score (nSPS) is 15.8. The largest absolute Gasteiger partial charge is 0.495 e. The molecule has 4 nitrogen and oxygen atoms in total. The molecule has 0 saturated heterocycles. The minimum absolute atomic E-state index is 0.431. The van der Waals surface area contributed by atoms with E-state index in [2.05, 4.69) is 11.1 Å². The van der Waals surface area contributed by atoms with E-state index in [1.165, 1.54) is 7.11 Å². The SMILES string of the molecule is COc1ccc(C2(N=C=O)CC2)cc1C#N. The van der Waals surface area contributed by atoms with Crippen molar-refractivity contribution in [2.75, 3.05) is 7.11 Å². The Kier molecular flexibility index (Phi) is 2.47. The highest BCUT2D eigenvalue weighted by atomic mass is 16.5. The third-order valence-electron chi connectivity index (χ3n) is 2.84. The molecule has 4 heteroatoms. The molecule has 1 saturated carbocycles. The molecule has 1 aromatic rings. The van der Waals surface area contributed by atoms with Crippen LogP contribution in [0.2, 0.25) is 0 Å². The Hall–Kier alpha value is -2.11. The van der Waals surface area contributed by atoms with Gasteiger partial charge in [0.15, 0.2) is 0 Å². The fourth-order valence-electron chi connectivity index (χ4n) is 1.76. The van der Waals surface area contributed by atoms with Crippen molar-refractivity contribution in [3.8, 4) is 11.8 Å². The van der Waals surface area contributed by atoms with Gasteiger partial charge in [0.05, 0.1) is 18.2 Å². The zero-order valence-corrected chi connectivity index (χ0v) is 8.86. The van der Waals surface area contributed by atoms with E-state index in [9.17, 15) is 4.79 Å². The topological polar surface area (TPSA) is 62.4 Å². The fraction of sp³-hybridized carbons (Fsp3) is 0.333. The first-order valence-corrected chi connectivity index (χ1v) is 4.93. The van der Waals surface area contributed by atoms with E-state index in [0.29, 0.717) is 11.3 Å². The van der Waals surface area contributed by atoms with E-state index in [1.54, 1.807) is 18.2 Å². The summed E-state index contributed by atoms with van der Waals surface area (Å²) < 4.78 is 5.05. The van der Waals surface area contributed by atoms with Gasteiger partial charge < -0.3 is 4.74 Å². The number of isocyanates is 1. The first-order chi connectivity index (χ1) is 7.75. The minimum atomic E-state index is -0.431. The molecule has 0 N–H and O–H groups in total. The van der Waals surface area contributed by atoms with Crippen molar-refractivity contribution in [2.24, 2.45) is 4.99 Å². The lowest BCUT2D eigenvalue weighted by Crippen LogP contribution is -2.03. The molecular formula is C12H10N2O2. The van der Waals surface area contributed by atoms with Crippen LogP contribution in [-0.2, 0) is 10.3 Å². The third kappa shape index (κ3) is 1.58. The second-order valence-electron chi connectivity index (χ2n) is 3.76. The zero-order chi connectivity index (χ0) is 11.6. The van der Waals surface area contributed by atoms with Crippen LogP contribution in [-0.4, -0.2) is 13.2 Å². The van der Waals surface area contributed by atoms with E-state index in [-0.39, 0.29) is 0 Å². The van der Waals surface area contributed by atoms with E-state index in [4.69, 9.17) is 10.00 Å². The average Bonchev–Trinajstić information content (AvgIpc) is 3.09. The van der Waals surface area contributed by atoms with Gasteiger partial charge in [-0.15, -0.1) is 0 Å². The molecule has 2 rings (SSSR count). The molecule has 80 valence electrons. The molecule has 0 spiro atoms. The molecule has 0 aliphatic heterocycles. The van der Waals surface area contributed by atoms with Crippen molar-refractivity contribution in [3.05, 3.63) is 29.3 Å². The number of aliphatic imine (C=N–C) groups is 1. The Bertz CT molecular complexity index is 506. The van der Waals surface area contributed by atoms with Crippen molar-refractivity contribution < 1.29 is 9.53 Å². The summed E-state index contributed by atoms with van der Waals surface area (Å²) in [7, 11) is 1.52. The molecule has 0 unspecified atom stereocenters. The molecule has 0 amide bonds. The Morgan fingerprint density at radius 1 is 1.50 bits per heavy atom. The molecule has 0 aromatic heterocycles. The van der Waals surface area contributed by atoms with Gasteiger partial charge >= 0.3 is 0 Å². The van der Waals surface area contributed by atoms with Gasteiger partial charge in [-0.25, -0.2) is 4.79 Å². The van der Waals surface area contributed by atoms with E-state index >= 15 is 0 Å². The predicted octanol–water partition coefficient (Wildman–Crippen LogP) is 1.89. The van der Waals surface area contributed by atoms with Crippen LogP contribution in [0.1, 0.15) is 24.0 Å². The molecule has 0 heterocycles. The number of hydrogen-bond acceptors (Lipinski definition) is 4. The molecule has 1 fully saturated rings. The van der Waals surface area contributed by atoms with E-state index < -0.39 is 5.54 Å². The molecule has 1 aromatic carbocycles. The maximum absolute atomic E-state index is 10.3. The standard InChI is InChI=1S/C12H10N2O2/c1-16-11-3-2-10(6-9(11)7-13)12(4-5-12)14-8-15/h2-3,6H,4-5H2,1H3. The zero-order valence-electron chi connectivity index (χ0n) is 8.86. The molecule has 0 radical (unpaired) electrons. The summed E-state index contributed by atoms with van der Waals surface area (Å²) in [5, 5.41) is 8.95. The first-order valence-electron chi connectivity index (χ1n) is 4.93. The second-order valence-corrected chi connectivity index (χ2v) is 3.76. The van der Waals surface area contributed by atoms with Crippen LogP contribution < -0.4 is 4.74 Å². The number of hydrogen-bond donors (Lipinski definition) is 0. The monoisotopic (exact) mass is 214 g/mol. The maximum atomic E-state index is 10.3. The van der Waals surface area contributed by atoms with Gasteiger partial charge in [-0.3, -0.25) is 0 Å². The smallest absolute Gasteiger partial charge is 0.235 e. The predicted molar refractivity (Wildman–Crippen MR) is 56.7 cm³/mol. The number of benzene rings is 1. The van der Waals surface area contributed by atoms with Crippen molar-refractivity contribution >= 4 is 6.08 Å². The number of carbonyl (C=O) groups excluding carboxylic acids is 1. The second kappa shape index (κ2) is 3.80. The van der Waals surface area contributed by atoms with Gasteiger partial charge in [-0.05, 0) is 30.5 Å². The van der Waals surface area contributed by atoms with Crippen LogP contribution in [0.25, 0.3) is 0 Å². The van der Waals surface area contributed by atoms with Crippen LogP contribution in [0.4, 0.5) is 0 Å². The molecule has 16 heavy (non-hydrogen) atoms. The quantitative estimate of drug-likeness (QED) is 0.570.